The number of methoxy groups -OCH3 is 2. The second kappa shape index (κ2) is 8.42. The molecule has 0 aliphatic carbocycles. The predicted molar refractivity (Wildman–Crippen MR) is 67.2 cm³/mol. The third-order valence-corrected chi connectivity index (χ3v) is 3.10. The van der Waals surface area contributed by atoms with Gasteiger partial charge < -0.3 is 24.8 Å². The van der Waals surface area contributed by atoms with Gasteiger partial charge in [-0.25, -0.2) is 0 Å². The van der Waals surface area contributed by atoms with Crippen molar-refractivity contribution in [1.82, 2.24) is 4.90 Å². The number of nitrogens with two attached hydrogens (primary N) is 1. The zero-order valence-electron chi connectivity index (χ0n) is 11.3. The van der Waals surface area contributed by atoms with E-state index >= 15 is 0 Å². The predicted octanol–water partition coefficient (Wildman–Crippen LogP) is -0.528. The van der Waals surface area contributed by atoms with Crippen molar-refractivity contribution in [3.8, 4) is 0 Å². The summed E-state index contributed by atoms with van der Waals surface area (Å²) in [6.45, 7) is 3.31. The maximum Gasteiger partial charge on any atom is 0.229 e. The first-order valence-electron chi connectivity index (χ1n) is 6.30. The van der Waals surface area contributed by atoms with E-state index in [-0.39, 0.29) is 17.9 Å². The van der Waals surface area contributed by atoms with Crippen molar-refractivity contribution >= 4 is 5.91 Å². The molecule has 1 rings (SSSR count). The molecule has 6 nitrogen and oxygen atoms in total. The van der Waals surface area contributed by atoms with Crippen LogP contribution in [0.5, 0.6) is 0 Å². The second-order valence-electron chi connectivity index (χ2n) is 4.47. The summed E-state index contributed by atoms with van der Waals surface area (Å²) in [4.78, 5) is 14.1. The number of nitrogens with zero attached hydrogens (tertiary/aromatic N) is 1. The van der Waals surface area contributed by atoms with E-state index in [2.05, 4.69) is 0 Å². The average Bonchev–Trinajstić information content (AvgIpc) is 2.79. The van der Waals surface area contributed by atoms with Crippen molar-refractivity contribution in [2.24, 2.45) is 11.7 Å². The van der Waals surface area contributed by atoms with Gasteiger partial charge in [0.05, 0.1) is 25.7 Å². The van der Waals surface area contributed by atoms with Crippen LogP contribution in [-0.2, 0) is 19.0 Å². The molecule has 2 N–H and O–H groups in total. The molecule has 6 heteroatoms. The molecule has 1 heterocycles. The summed E-state index contributed by atoms with van der Waals surface area (Å²) in [6.07, 6.45) is 0.814. The minimum atomic E-state index is -0.218. The molecule has 0 aromatic heterocycles. The average molecular weight is 260 g/mol. The Morgan fingerprint density at radius 3 is 2.56 bits per heavy atom. The third kappa shape index (κ3) is 4.53. The van der Waals surface area contributed by atoms with Crippen LogP contribution >= 0.6 is 0 Å². The van der Waals surface area contributed by atoms with Crippen LogP contribution in [0.1, 0.15) is 6.42 Å². The molecular weight excluding hydrogens is 236 g/mol. The highest BCUT2D eigenvalue weighted by molar-refractivity contribution is 5.80. The fourth-order valence-corrected chi connectivity index (χ4v) is 1.99. The van der Waals surface area contributed by atoms with E-state index in [9.17, 15) is 4.79 Å². The Bertz CT molecular complexity index is 250. The minimum absolute atomic E-state index is 0.0631. The largest absolute Gasteiger partial charge is 0.385 e. The quantitative estimate of drug-likeness (QED) is 0.594. The van der Waals surface area contributed by atoms with Crippen LogP contribution in [0.15, 0.2) is 0 Å². The summed E-state index contributed by atoms with van der Waals surface area (Å²) in [6, 6.07) is -0.190. The molecule has 0 bridgehead atoms. The first-order valence-corrected chi connectivity index (χ1v) is 6.30. The van der Waals surface area contributed by atoms with Gasteiger partial charge in [0.25, 0.3) is 0 Å². The number of rotatable bonds is 8. The number of amides is 1. The zero-order chi connectivity index (χ0) is 13.4. The molecule has 18 heavy (non-hydrogen) atoms. The van der Waals surface area contributed by atoms with Crippen LogP contribution in [0.25, 0.3) is 0 Å². The summed E-state index contributed by atoms with van der Waals surface area (Å²) >= 11 is 0. The highest BCUT2D eigenvalue weighted by Crippen LogP contribution is 2.15. The molecule has 2 unspecified atom stereocenters. The van der Waals surface area contributed by atoms with Crippen LogP contribution in [-0.4, -0.2) is 70.6 Å². The molecule has 106 valence electrons. The standard InChI is InChI=1S/C12H24N2O4/c1-16-6-3-4-14(5-7-17-2)12(15)10-8-18-9-11(10)13/h10-11H,3-9,13H2,1-2H3. The maximum atomic E-state index is 12.3. The Labute approximate surface area is 108 Å². The molecule has 0 aromatic rings. The van der Waals surface area contributed by atoms with Crippen molar-refractivity contribution in [1.29, 1.82) is 0 Å². The lowest BCUT2D eigenvalue weighted by molar-refractivity contribution is -0.136. The molecule has 1 amide bonds. The van der Waals surface area contributed by atoms with E-state index in [1.165, 1.54) is 0 Å². The number of hydrogen-bond donors (Lipinski definition) is 1. The Kier molecular flexibility index (Phi) is 7.19. The number of ether oxygens (including phenoxy) is 3. The van der Waals surface area contributed by atoms with Crippen molar-refractivity contribution in [2.45, 2.75) is 12.5 Å². The zero-order valence-corrected chi connectivity index (χ0v) is 11.3. The smallest absolute Gasteiger partial charge is 0.229 e. The lowest BCUT2D eigenvalue weighted by Crippen LogP contribution is -2.45. The van der Waals surface area contributed by atoms with Gasteiger partial charge >= 0.3 is 0 Å². The van der Waals surface area contributed by atoms with E-state index in [0.29, 0.717) is 39.5 Å². The number of carbonyl (C=O) groups is 1. The topological polar surface area (TPSA) is 74.0 Å². The van der Waals surface area contributed by atoms with E-state index in [1.54, 1.807) is 19.1 Å². The van der Waals surface area contributed by atoms with Crippen molar-refractivity contribution < 1.29 is 19.0 Å². The molecule has 0 aromatic carbocycles. The molecule has 0 saturated carbocycles. The van der Waals surface area contributed by atoms with Crippen LogP contribution in [0.4, 0.5) is 0 Å². The molecule has 0 radical (unpaired) electrons. The van der Waals surface area contributed by atoms with Crippen molar-refractivity contribution in [3.63, 3.8) is 0 Å². The van der Waals surface area contributed by atoms with Crippen LogP contribution in [0.3, 0.4) is 0 Å². The molecule has 0 spiro atoms. The summed E-state index contributed by atoms with van der Waals surface area (Å²) < 4.78 is 15.3. The van der Waals surface area contributed by atoms with E-state index in [0.717, 1.165) is 6.42 Å². The van der Waals surface area contributed by atoms with E-state index < -0.39 is 0 Å². The van der Waals surface area contributed by atoms with Gasteiger partial charge in [-0.2, -0.15) is 0 Å². The van der Waals surface area contributed by atoms with Gasteiger partial charge in [0.1, 0.15) is 0 Å². The van der Waals surface area contributed by atoms with Gasteiger partial charge in [0, 0.05) is 40.0 Å². The van der Waals surface area contributed by atoms with E-state index in [4.69, 9.17) is 19.9 Å². The van der Waals surface area contributed by atoms with Gasteiger partial charge in [-0.05, 0) is 6.42 Å². The van der Waals surface area contributed by atoms with Gasteiger partial charge in [0.15, 0.2) is 0 Å². The number of hydrogen-bond acceptors (Lipinski definition) is 5. The van der Waals surface area contributed by atoms with Crippen LogP contribution < -0.4 is 5.73 Å². The summed E-state index contributed by atoms with van der Waals surface area (Å²) in [7, 11) is 3.28. The second-order valence-corrected chi connectivity index (χ2v) is 4.47. The van der Waals surface area contributed by atoms with Crippen molar-refractivity contribution in [2.75, 3.05) is 53.7 Å². The van der Waals surface area contributed by atoms with E-state index in [1.807, 2.05) is 0 Å². The highest BCUT2D eigenvalue weighted by Gasteiger charge is 2.34. The van der Waals surface area contributed by atoms with Crippen molar-refractivity contribution in [3.05, 3.63) is 0 Å². The molecular formula is C12H24N2O4. The Hall–Kier alpha value is -0.690. The summed E-state index contributed by atoms with van der Waals surface area (Å²) in [5.74, 6) is -0.155. The van der Waals surface area contributed by atoms with Crippen LogP contribution in [0.2, 0.25) is 0 Å². The monoisotopic (exact) mass is 260 g/mol. The first kappa shape index (κ1) is 15.4. The molecule has 1 aliphatic heterocycles. The van der Waals surface area contributed by atoms with Gasteiger partial charge in [-0.15, -0.1) is 0 Å². The van der Waals surface area contributed by atoms with Gasteiger partial charge in [-0.3, -0.25) is 4.79 Å². The lowest BCUT2D eigenvalue weighted by atomic mass is 10.0. The highest BCUT2D eigenvalue weighted by atomic mass is 16.5. The lowest BCUT2D eigenvalue weighted by Gasteiger charge is -2.26. The first-order chi connectivity index (χ1) is 8.70. The minimum Gasteiger partial charge on any atom is -0.385 e. The van der Waals surface area contributed by atoms with Crippen LogP contribution in [0, 0.1) is 5.92 Å². The third-order valence-electron chi connectivity index (χ3n) is 3.10. The normalized spacial score (nSPS) is 23.3. The maximum absolute atomic E-state index is 12.3. The fourth-order valence-electron chi connectivity index (χ4n) is 1.99. The molecule has 1 fully saturated rings. The molecule has 1 aliphatic rings. The Morgan fingerprint density at radius 1 is 1.28 bits per heavy atom. The van der Waals surface area contributed by atoms with Gasteiger partial charge in [-0.1, -0.05) is 0 Å². The molecule has 1 saturated heterocycles. The van der Waals surface area contributed by atoms with Gasteiger partial charge in [0.2, 0.25) is 5.91 Å². The Morgan fingerprint density at radius 2 is 2.00 bits per heavy atom. The Balaban J connectivity index is 2.48. The SMILES string of the molecule is COCCCN(CCOC)C(=O)C1COCC1N. The summed E-state index contributed by atoms with van der Waals surface area (Å²) in [5.41, 5.74) is 5.87. The fraction of sp³-hybridized carbons (Fsp3) is 0.917. The number of carbonyl (C=O) groups excluding carboxylic acids is 1. The summed E-state index contributed by atoms with van der Waals surface area (Å²) in [5, 5.41) is 0. The molecule has 2 atom stereocenters.